The smallest absolute Gasteiger partial charge is 0.352 e. The summed E-state index contributed by atoms with van der Waals surface area (Å²) in [5, 5.41) is 5.57. The van der Waals surface area contributed by atoms with E-state index in [4.69, 9.17) is 10.7 Å². The van der Waals surface area contributed by atoms with Crippen LogP contribution in [0.3, 0.4) is 0 Å². The Balaban J connectivity index is 1.50. The third-order valence-electron chi connectivity index (χ3n) is 7.77. The molecule has 1 saturated heterocycles. The topological polar surface area (TPSA) is 126 Å². The van der Waals surface area contributed by atoms with Crippen molar-refractivity contribution in [2.45, 2.75) is 38.3 Å². The van der Waals surface area contributed by atoms with Gasteiger partial charge in [0.2, 0.25) is 5.95 Å². The first-order valence-electron chi connectivity index (χ1n) is 12.7. The van der Waals surface area contributed by atoms with Crippen LogP contribution < -0.4 is 16.0 Å². The van der Waals surface area contributed by atoms with Gasteiger partial charge in [0.05, 0.1) is 22.4 Å². The number of carbonyl (C=O) groups is 2. The average Bonchev–Trinajstić information content (AvgIpc) is 3.58. The third kappa shape index (κ3) is 4.34. The highest BCUT2D eigenvalue weighted by molar-refractivity contribution is 7.16. The number of nitrogens with one attached hydrogen (secondary N) is 2. The number of carbonyl (C=O) groups excluding carboxylic acids is 2. The van der Waals surface area contributed by atoms with Crippen molar-refractivity contribution in [3.63, 3.8) is 0 Å². The molecule has 0 bridgehead atoms. The van der Waals surface area contributed by atoms with Crippen molar-refractivity contribution in [1.29, 1.82) is 0 Å². The number of benzene rings is 1. The molecule has 2 unspecified atom stereocenters. The maximum Gasteiger partial charge on any atom is 0.522 e. The zero-order chi connectivity index (χ0) is 28.4. The number of rotatable bonds is 5. The van der Waals surface area contributed by atoms with E-state index in [2.05, 4.69) is 20.0 Å². The number of imide groups is 1. The van der Waals surface area contributed by atoms with Crippen LogP contribution in [0.2, 0.25) is 0 Å². The van der Waals surface area contributed by atoms with Crippen molar-refractivity contribution in [2.24, 2.45) is 11.7 Å². The molecule has 2 aliphatic heterocycles. The molecule has 2 aliphatic rings. The van der Waals surface area contributed by atoms with Crippen LogP contribution in [0.1, 0.15) is 31.5 Å². The molecule has 4 N–H and O–H groups in total. The molecule has 4 aromatic rings. The van der Waals surface area contributed by atoms with E-state index < -0.39 is 29.8 Å². The van der Waals surface area contributed by atoms with E-state index in [0.29, 0.717) is 16.5 Å². The Bertz CT molecular complexity index is 1690. The predicted octanol–water partition coefficient (Wildman–Crippen LogP) is 4.21. The van der Waals surface area contributed by atoms with Gasteiger partial charge in [-0.3, -0.25) is 19.6 Å². The molecule has 0 saturated carbocycles. The number of hydrogen-bond acceptors (Lipinski definition) is 8. The van der Waals surface area contributed by atoms with Crippen molar-refractivity contribution in [3.8, 4) is 0 Å². The summed E-state index contributed by atoms with van der Waals surface area (Å²) in [6.07, 6.45) is -4.38. The van der Waals surface area contributed by atoms with Gasteiger partial charge in [-0.1, -0.05) is 32.0 Å². The molecule has 1 fully saturated rings. The predicted molar refractivity (Wildman–Crippen MR) is 145 cm³/mol. The SMILES string of the molecule is CC(C)C1(N)CCN(c2nc(C3=C(c4c[nH]c5sccc45)C(=O)NC3=O)c3ccccc3n2)CC1OC(F)(F)F. The number of piperidine rings is 1. The van der Waals surface area contributed by atoms with E-state index >= 15 is 0 Å². The minimum atomic E-state index is -4.88. The lowest BCUT2D eigenvalue weighted by Crippen LogP contribution is -2.65. The fourth-order valence-electron chi connectivity index (χ4n) is 5.49. The Labute approximate surface area is 230 Å². The first-order valence-corrected chi connectivity index (χ1v) is 13.5. The van der Waals surface area contributed by atoms with Crippen LogP contribution in [0.15, 0.2) is 41.9 Å². The first kappa shape index (κ1) is 26.4. The quantitative estimate of drug-likeness (QED) is 0.307. The van der Waals surface area contributed by atoms with Gasteiger partial charge in [-0.25, -0.2) is 9.97 Å². The molecule has 6 rings (SSSR count). The normalized spacial score (nSPS) is 22.3. The van der Waals surface area contributed by atoms with Gasteiger partial charge in [-0.05, 0) is 29.9 Å². The maximum absolute atomic E-state index is 13.4. The largest absolute Gasteiger partial charge is 0.522 e. The lowest BCUT2D eigenvalue weighted by Gasteiger charge is -2.47. The third-order valence-corrected chi connectivity index (χ3v) is 8.61. The van der Waals surface area contributed by atoms with E-state index in [1.54, 1.807) is 49.2 Å². The fourth-order valence-corrected chi connectivity index (χ4v) is 6.26. The van der Waals surface area contributed by atoms with Gasteiger partial charge in [0.1, 0.15) is 10.9 Å². The summed E-state index contributed by atoms with van der Waals surface area (Å²) >= 11 is 1.47. The number of aromatic amines is 1. The van der Waals surface area contributed by atoms with Gasteiger partial charge in [-0.15, -0.1) is 24.5 Å². The van der Waals surface area contributed by atoms with Crippen molar-refractivity contribution >= 4 is 61.4 Å². The molecule has 13 heteroatoms. The number of nitrogens with two attached hydrogens (primary N) is 1. The lowest BCUT2D eigenvalue weighted by atomic mass is 9.77. The highest BCUT2D eigenvalue weighted by Gasteiger charge is 2.49. The number of H-pyrrole nitrogens is 1. The number of alkyl halides is 3. The molecule has 0 radical (unpaired) electrons. The zero-order valence-corrected chi connectivity index (χ0v) is 22.3. The Kier molecular flexibility index (Phi) is 6.20. The number of para-hydroxylation sites is 1. The van der Waals surface area contributed by atoms with Crippen LogP contribution >= 0.6 is 11.3 Å². The van der Waals surface area contributed by atoms with Gasteiger partial charge in [0, 0.05) is 41.2 Å². The molecule has 208 valence electrons. The maximum atomic E-state index is 13.4. The highest BCUT2D eigenvalue weighted by atomic mass is 32.1. The Hall–Kier alpha value is -3.81. The molecule has 2 amide bonds. The number of thiophene rings is 1. The minimum absolute atomic E-state index is 0.0763. The van der Waals surface area contributed by atoms with Crippen LogP contribution in [0.5, 0.6) is 0 Å². The number of fused-ring (bicyclic) bond motifs is 2. The van der Waals surface area contributed by atoms with E-state index in [1.165, 1.54) is 11.3 Å². The van der Waals surface area contributed by atoms with Gasteiger partial charge in [-0.2, -0.15) is 0 Å². The van der Waals surface area contributed by atoms with Crippen LogP contribution in [-0.2, 0) is 14.3 Å². The number of aromatic nitrogens is 3. The van der Waals surface area contributed by atoms with Crippen LogP contribution in [0.4, 0.5) is 19.1 Å². The van der Waals surface area contributed by atoms with Gasteiger partial charge in [0.25, 0.3) is 11.8 Å². The average molecular weight is 571 g/mol. The van der Waals surface area contributed by atoms with Gasteiger partial charge < -0.3 is 15.6 Å². The molecule has 2 atom stereocenters. The molecule has 0 spiro atoms. The standard InChI is InChI=1S/C27H25F3N6O3S/c1-13(2)26(31)8-9-36(12-18(26)39-27(28,29)30)25-33-17-6-4-3-5-15(17)21(34-25)20-19(22(37)35-23(20)38)16-11-32-24-14(16)7-10-40-24/h3-7,10-11,13,18,32H,8-9,12,31H2,1-2H3,(H,35,37,38). The van der Waals surface area contributed by atoms with E-state index in [9.17, 15) is 22.8 Å². The van der Waals surface area contributed by atoms with E-state index in [1.807, 2.05) is 11.4 Å². The zero-order valence-electron chi connectivity index (χ0n) is 21.5. The van der Waals surface area contributed by atoms with Gasteiger partial charge >= 0.3 is 6.36 Å². The second-order valence-corrected chi connectivity index (χ2v) is 11.2. The molecule has 9 nitrogen and oxygen atoms in total. The second kappa shape index (κ2) is 9.39. The van der Waals surface area contributed by atoms with Crippen molar-refractivity contribution in [1.82, 2.24) is 20.3 Å². The minimum Gasteiger partial charge on any atom is -0.352 e. The van der Waals surface area contributed by atoms with E-state index in [0.717, 1.165) is 10.2 Å². The van der Waals surface area contributed by atoms with Crippen molar-refractivity contribution < 1.29 is 27.5 Å². The second-order valence-electron chi connectivity index (χ2n) is 10.3. The summed E-state index contributed by atoms with van der Waals surface area (Å²) in [6.45, 7) is 3.59. The number of ether oxygens (including phenoxy) is 1. The van der Waals surface area contributed by atoms with E-state index in [-0.39, 0.29) is 48.2 Å². The summed E-state index contributed by atoms with van der Waals surface area (Å²) in [7, 11) is 0. The van der Waals surface area contributed by atoms with Crippen LogP contribution in [-0.4, -0.2) is 57.9 Å². The lowest BCUT2D eigenvalue weighted by molar-refractivity contribution is -0.351. The number of anilines is 1. The van der Waals surface area contributed by atoms with Crippen LogP contribution in [0.25, 0.3) is 32.3 Å². The number of hydrogen-bond donors (Lipinski definition) is 3. The highest BCUT2D eigenvalue weighted by Crippen LogP contribution is 2.39. The summed E-state index contributed by atoms with van der Waals surface area (Å²) < 4.78 is 44.7. The molecular formula is C27H25F3N6O3S. The summed E-state index contributed by atoms with van der Waals surface area (Å²) in [4.78, 5) is 41.2. The monoisotopic (exact) mass is 570 g/mol. The summed E-state index contributed by atoms with van der Waals surface area (Å²) in [6, 6.07) is 8.84. The molecule has 0 aliphatic carbocycles. The fraction of sp³-hybridized carbons (Fsp3) is 0.333. The summed E-state index contributed by atoms with van der Waals surface area (Å²) in [5.74, 6) is -1.34. The Morgan fingerprint density at radius 3 is 2.62 bits per heavy atom. The molecular weight excluding hydrogens is 545 g/mol. The molecule has 1 aromatic carbocycles. The number of nitrogens with zero attached hydrogens (tertiary/aromatic N) is 3. The number of halogens is 3. The first-order chi connectivity index (χ1) is 19.0. The van der Waals surface area contributed by atoms with Crippen molar-refractivity contribution in [3.05, 3.63) is 53.2 Å². The van der Waals surface area contributed by atoms with Crippen molar-refractivity contribution in [2.75, 3.05) is 18.0 Å². The van der Waals surface area contributed by atoms with Gasteiger partial charge in [0.15, 0.2) is 0 Å². The molecule has 3 aromatic heterocycles. The molecule has 5 heterocycles. The Morgan fingerprint density at radius 2 is 1.88 bits per heavy atom. The Morgan fingerprint density at radius 1 is 1.12 bits per heavy atom. The summed E-state index contributed by atoms with van der Waals surface area (Å²) in [5.41, 5.74) is 6.73. The van der Waals surface area contributed by atoms with Crippen LogP contribution in [0, 0.1) is 5.92 Å². The number of amides is 2. The molecule has 40 heavy (non-hydrogen) atoms.